The van der Waals surface area contributed by atoms with E-state index in [0.29, 0.717) is 12.2 Å². The summed E-state index contributed by atoms with van der Waals surface area (Å²) in [5.74, 6) is -0.386. The molecule has 0 unspecified atom stereocenters. The van der Waals surface area contributed by atoms with Gasteiger partial charge < -0.3 is 0 Å². The molecule has 1 aliphatic rings. The van der Waals surface area contributed by atoms with Crippen LogP contribution in [-0.2, 0) is 9.67 Å². The van der Waals surface area contributed by atoms with Gasteiger partial charge in [0.1, 0.15) is 0 Å². The first-order valence-corrected chi connectivity index (χ1v) is 13.2. The van der Waals surface area contributed by atoms with Crippen LogP contribution in [0.25, 0.3) is 0 Å². The number of nitrogens with one attached hydrogen (secondary N) is 1. The summed E-state index contributed by atoms with van der Waals surface area (Å²) in [4.78, 5) is 10.8. The van der Waals surface area contributed by atoms with Gasteiger partial charge in [0.25, 0.3) is 0 Å². The van der Waals surface area contributed by atoms with Gasteiger partial charge in [0, 0.05) is 0 Å². The molecule has 0 radical (unpaired) electrons. The molecule has 0 bridgehead atoms. The van der Waals surface area contributed by atoms with E-state index in [9.17, 15) is 4.79 Å². The molecule has 1 aromatic rings. The van der Waals surface area contributed by atoms with Gasteiger partial charge >= 0.3 is 97.3 Å². The fourth-order valence-electron chi connectivity index (χ4n) is 0.928. The topological polar surface area (TPSA) is 74.3 Å². The first-order chi connectivity index (χ1) is 6.75. The van der Waals surface area contributed by atoms with Crippen molar-refractivity contribution in [1.29, 1.82) is 0 Å². The molecule has 1 heterocycles. The fraction of sp³-hybridized carbons (Fsp3) is 0.125. The van der Waals surface area contributed by atoms with Gasteiger partial charge in [-0.15, -0.1) is 0 Å². The Bertz CT molecular complexity index is 338. The average Bonchev–Trinajstić information content (AvgIpc) is 2.99. The Morgan fingerprint density at radius 1 is 1.50 bits per heavy atom. The number of primary amides is 1. The van der Waals surface area contributed by atoms with Gasteiger partial charge in [-0.3, -0.25) is 0 Å². The molecule has 0 saturated carbocycles. The van der Waals surface area contributed by atoms with Crippen LogP contribution in [0, 0.1) is 0 Å². The van der Waals surface area contributed by atoms with Crippen molar-refractivity contribution in [3.05, 3.63) is 35.4 Å². The van der Waals surface area contributed by atoms with E-state index in [-0.39, 0.29) is 23.4 Å². The van der Waals surface area contributed by atoms with Crippen LogP contribution in [0.4, 0.5) is 0 Å². The molecule has 3 N–H and O–H groups in total. The molecule has 0 atom stereocenters. The Kier molecular flexibility index (Phi) is 3.57. The number of benzene rings is 1. The van der Waals surface area contributed by atoms with Gasteiger partial charge in [-0.25, -0.2) is 0 Å². The zero-order chi connectivity index (χ0) is 9.97. The number of halogens is 2. The molecular formula is C8H9I2N2O2-. The normalized spacial score (nSPS) is 17.3. The van der Waals surface area contributed by atoms with Crippen LogP contribution >= 0.6 is 16.5 Å². The Morgan fingerprint density at radius 2 is 2.14 bits per heavy atom. The number of amides is 1. The minimum absolute atomic E-state index is 0.269. The van der Waals surface area contributed by atoms with E-state index in [1.54, 1.807) is 12.1 Å². The second-order valence-corrected chi connectivity index (χ2v) is 15.7. The number of hydrogen-bond acceptors (Lipinski definition) is 3. The summed E-state index contributed by atoms with van der Waals surface area (Å²) in [6, 6.07) is 7.25. The molecular weight excluding hydrogens is 410 g/mol. The van der Waals surface area contributed by atoms with Crippen molar-refractivity contribution in [2.75, 3.05) is 0 Å². The molecule has 14 heavy (non-hydrogen) atoms. The second-order valence-electron chi connectivity index (χ2n) is 2.66. The summed E-state index contributed by atoms with van der Waals surface area (Å²) in [6.07, 6.45) is 0. The van der Waals surface area contributed by atoms with E-state index in [1.165, 1.54) is 0 Å². The predicted octanol–water partition coefficient (Wildman–Crippen LogP) is -1.84. The third-order valence-electron chi connectivity index (χ3n) is 1.69. The van der Waals surface area contributed by atoms with Crippen LogP contribution in [0.1, 0.15) is 15.9 Å². The molecule has 1 amide bonds. The summed E-state index contributed by atoms with van der Waals surface area (Å²) in [5, 5.41) is 0. The molecule has 1 aromatic carbocycles. The van der Waals surface area contributed by atoms with E-state index in [1.807, 2.05) is 12.1 Å². The van der Waals surface area contributed by atoms with Crippen LogP contribution in [-0.4, -0.2) is 5.91 Å². The Morgan fingerprint density at radius 3 is 2.64 bits per heavy atom. The number of rotatable bonds is 4. The predicted molar refractivity (Wildman–Crippen MR) is 56.9 cm³/mol. The quantitative estimate of drug-likeness (QED) is 0.343. The van der Waals surface area contributed by atoms with Gasteiger partial charge in [0.2, 0.25) is 0 Å². The van der Waals surface area contributed by atoms with Crippen LogP contribution in [0.2, 0.25) is 0 Å². The number of carbonyl (C=O) groups excluding carboxylic acids is 1. The van der Waals surface area contributed by atoms with Gasteiger partial charge in [0.15, 0.2) is 0 Å². The summed E-state index contributed by atoms with van der Waals surface area (Å²) in [6.45, 7) is 0.663. The molecule has 2 rings (SSSR count). The van der Waals surface area contributed by atoms with E-state index in [0.717, 1.165) is 5.56 Å². The molecule has 0 aliphatic carbocycles. The van der Waals surface area contributed by atoms with Gasteiger partial charge in [-0.1, -0.05) is 0 Å². The van der Waals surface area contributed by atoms with Crippen LogP contribution in [0.15, 0.2) is 24.3 Å². The van der Waals surface area contributed by atoms with Crippen molar-refractivity contribution < 1.29 is 25.4 Å². The average molecular weight is 419 g/mol. The number of carbonyl (C=O) groups is 1. The minimum atomic E-state index is -1.00. The van der Waals surface area contributed by atoms with E-state index >= 15 is 0 Å². The summed E-state index contributed by atoms with van der Waals surface area (Å²) >= 11 is -0.736. The number of hydrogen-bond donors (Lipinski definition) is 2. The molecule has 4 nitrogen and oxygen atoms in total. The summed E-state index contributed by atoms with van der Waals surface area (Å²) in [5.41, 5.74) is 6.78. The number of nitrogens with two attached hydrogens (primary N) is 1. The standard InChI is InChI=1S/C8H9I2N2O2/c11-8(13)7-3-1-6(2-4-7)5-14-10-9-12-10/h1-4,12H,5H2,(H2,11,13)/q-1. The SMILES string of the molecule is NC(=O)c1ccc(COI2N[I-]2)cc1. The molecule has 1 saturated heterocycles. The molecule has 6 heteroatoms. The Labute approximate surface area is 96.5 Å². The van der Waals surface area contributed by atoms with Gasteiger partial charge in [-0.2, -0.15) is 0 Å². The van der Waals surface area contributed by atoms with Crippen molar-refractivity contribution in [2.24, 2.45) is 5.73 Å². The zero-order valence-corrected chi connectivity index (χ0v) is 11.5. The Balaban J connectivity index is 1.94. The van der Waals surface area contributed by atoms with Crippen molar-refractivity contribution in [2.45, 2.75) is 6.61 Å². The maximum atomic E-state index is 10.8. The second kappa shape index (κ2) is 4.73. The molecule has 0 spiro atoms. The van der Waals surface area contributed by atoms with Gasteiger partial charge in [-0.05, 0) is 0 Å². The van der Waals surface area contributed by atoms with E-state index in [4.69, 9.17) is 8.80 Å². The first kappa shape index (κ1) is 10.6. The maximum absolute atomic E-state index is 10.8. The van der Waals surface area contributed by atoms with Crippen LogP contribution in [0.3, 0.4) is 0 Å². The van der Waals surface area contributed by atoms with Crippen molar-refractivity contribution in [3.63, 3.8) is 0 Å². The van der Waals surface area contributed by atoms with Crippen LogP contribution < -0.4 is 25.0 Å². The van der Waals surface area contributed by atoms with Crippen LogP contribution in [0.5, 0.6) is 0 Å². The zero-order valence-electron chi connectivity index (χ0n) is 7.17. The van der Waals surface area contributed by atoms with Crippen molar-refractivity contribution in [3.8, 4) is 0 Å². The summed E-state index contributed by atoms with van der Waals surface area (Å²) < 4.78 is 8.92. The van der Waals surface area contributed by atoms with E-state index in [2.05, 4.69) is 1.74 Å². The molecule has 1 aliphatic heterocycles. The fourth-order valence-corrected chi connectivity index (χ4v) is 7.48. The van der Waals surface area contributed by atoms with Gasteiger partial charge in [0.05, 0.1) is 0 Å². The monoisotopic (exact) mass is 419 g/mol. The summed E-state index contributed by atoms with van der Waals surface area (Å²) in [7, 11) is 0. The van der Waals surface area contributed by atoms with E-state index < -0.39 is 16.5 Å². The molecule has 0 aromatic heterocycles. The molecule has 78 valence electrons. The Hall–Kier alpha value is 0.0700. The third kappa shape index (κ3) is 3.04. The first-order valence-electron chi connectivity index (χ1n) is 3.88. The van der Waals surface area contributed by atoms with Crippen molar-refractivity contribution >= 4 is 22.4 Å². The van der Waals surface area contributed by atoms with Crippen molar-refractivity contribution in [1.82, 2.24) is 1.74 Å². The molecule has 1 fully saturated rings. The third-order valence-corrected chi connectivity index (χ3v) is 9.83.